The number of carbonyl (C=O) groups excluding carboxylic acids is 2. The highest BCUT2D eigenvalue weighted by atomic mass is 35.5. The molecule has 0 radical (unpaired) electrons. The highest BCUT2D eigenvalue weighted by Crippen LogP contribution is 2.34. The van der Waals surface area contributed by atoms with E-state index < -0.39 is 0 Å². The lowest BCUT2D eigenvalue weighted by atomic mass is 10.1. The molecule has 17 heteroatoms. The number of likely N-dealkylation sites (tertiary alicyclic amines) is 1. The van der Waals surface area contributed by atoms with Gasteiger partial charge in [-0.2, -0.15) is 9.97 Å². The first-order valence-corrected chi connectivity index (χ1v) is 27.1. The van der Waals surface area contributed by atoms with Gasteiger partial charge in [-0.25, -0.2) is 29.9 Å². The predicted octanol–water partition coefficient (Wildman–Crippen LogP) is 10.8. The van der Waals surface area contributed by atoms with Crippen molar-refractivity contribution < 1.29 is 9.59 Å². The highest BCUT2D eigenvalue weighted by molar-refractivity contribution is 6.64. The summed E-state index contributed by atoms with van der Waals surface area (Å²) in [5, 5.41) is 12.5. The average Bonchev–Trinajstić information content (AvgIpc) is 4.45. The van der Waals surface area contributed by atoms with Crippen molar-refractivity contribution in [1.29, 1.82) is 0 Å². The zero-order valence-corrected chi connectivity index (χ0v) is 43.9. The van der Waals surface area contributed by atoms with Crippen molar-refractivity contribution in [2.45, 2.75) is 77.3 Å². The Bertz CT molecular complexity index is 3810. The maximum atomic E-state index is 12.6. The molecule has 2 aliphatic carbocycles. The summed E-state index contributed by atoms with van der Waals surface area (Å²) < 4.78 is 4.15. The fourth-order valence-corrected chi connectivity index (χ4v) is 10.4. The Morgan fingerprint density at radius 2 is 1.09 bits per heavy atom. The van der Waals surface area contributed by atoms with E-state index in [0.29, 0.717) is 30.4 Å². The van der Waals surface area contributed by atoms with Gasteiger partial charge in [-0.1, -0.05) is 60.7 Å². The number of aryl methyl sites for hydroxylation is 2. The van der Waals surface area contributed by atoms with E-state index >= 15 is 0 Å². The molecule has 8 heterocycles. The van der Waals surface area contributed by atoms with Crippen LogP contribution in [0.15, 0.2) is 134 Å². The Morgan fingerprint density at radius 3 is 1.60 bits per heavy atom. The van der Waals surface area contributed by atoms with Crippen molar-refractivity contribution in [2.75, 3.05) is 36.8 Å². The molecule has 1 amide bonds. The number of anilines is 2. The van der Waals surface area contributed by atoms with Crippen LogP contribution in [-0.2, 0) is 9.59 Å². The second-order valence-corrected chi connectivity index (χ2v) is 21.0. The lowest BCUT2D eigenvalue weighted by Crippen LogP contribution is -2.45. The molecule has 2 saturated heterocycles. The zero-order chi connectivity index (χ0) is 52.4. The Morgan fingerprint density at radius 1 is 0.558 bits per heavy atom. The van der Waals surface area contributed by atoms with Gasteiger partial charge in [0, 0.05) is 66.7 Å². The molecule has 10 aromatic rings. The van der Waals surface area contributed by atoms with Gasteiger partial charge in [0.25, 0.3) is 0 Å². The van der Waals surface area contributed by atoms with Crippen molar-refractivity contribution >= 4 is 78.5 Å². The van der Waals surface area contributed by atoms with E-state index in [9.17, 15) is 9.59 Å². The number of amides is 1. The molecule has 0 unspecified atom stereocenters. The van der Waals surface area contributed by atoms with Gasteiger partial charge in [-0.05, 0) is 155 Å². The van der Waals surface area contributed by atoms with Crippen LogP contribution in [0, 0.1) is 25.7 Å². The molecule has 4 fully saturated rings. The van der Waals surface area contributed by atoms with Gasteiger partial charge in [0.1, 0.15) is 23.0 Å². The molecule has 4 aromatic carbocycles. The van der Waals surface area contributed by atoms with Crippen molar-refractivity contribution in [3.05, 3.63) is 145 Å². The molecular formula is C60H59ClN14O2. The molecule has 2 aliphatic heterocycles. The molecule has 388 valence electrons. The number of hydrogen-bond acceptors (Lipinski definition) is 13. The molecule has 4 aliphatic rings. The first-order chi connectivity index (χ1) is 37.7. The summed E-state index contributed by atoms with van der Waals surface area (Å²) in [7, 11) is 0. The summed E-state index contributed by atoms with van der Waals surface area (Å²) >= 11 is 5.04. The Labute approximate surface area is 450 Å². The van der Waals surface area contributed by atoms with Crippen LogP contribution >= 0.6 is 11.6 Å². The number of nitrogens with zero attached hydrogens (tertiary/aromatic N) is 11. The van der Waals surface area contributed by atoms with E-state index in [4.69, 9.17) is 41.5 Å². The number of nitrogens with one attached hydrogen (secondary N) is 3. The maximum Gasteiger partial charge on any atom is 0.225 e. The number of halogens is 1. The molecule has 77 heavy (non-hydrogen) atoms. The van der Waals surface area contributed by atoms with Crippen LogP contribution < -0.4 is 16.0 Å². The SMILES string of the molecule is Cc1ccc2nc(-c3ccc4ccccc4n3)n(-c3ccnc(N[C@H]4CCCN(C(=O)C5CC5)C4)n3)c2c1.Cc1ccc2nc(-c3ccc4ccccc4n3)n(-c3ccnc(N[C@H]4CCCNC4)n3)c2c1.O=C(Cl)C1CC1. The van der Waals surface area contributed by atoms with Crippen molar-refractivity contribution in [1.82, 2.24) is 59.2 Å². The van der Waals surface area contributed by atoms with Gasteiger partial charge in [-0.3, -0.25) is 18.7 Å². The number of piperidine rings is 2. The number of imidazole rings is 2. The van der Waals surface area contributed by atoms with E-state index in [-0.39, 0.29) is 23.1 Å². The van der Waals surface area contributed by atoms with Gasteiger partial charge < -0.3 is 20.9 Å². The standard InChI is InChI=1S/C30H29N7O.C26H25N7.C4H5ClO/c1-19-8-12-24-26(17-19)37(28(34-24)25-13-11-20-5-2-3-7-23(20)33-25)27-14-15-31-30(35-27)32-22-6-4-16-36(18-22)29(38)21-9-10-21;1-17-8-10-21-23(15-17)33(24-12-14-28-26(32-24)29-19-6-4-13-27-16-19)25(31-21)22-11-9-18-5-2-3-7-20(18)30-22;5-4(6)3-1-2-3/h2-3,5,7-8,11-15,17,21-22H,4,6,9-10,16,18H2,1H3,(H,31,32,35);2-3,5,7-12,14-15,19,27H,4,6,13,16H2,1H3,(H,28,29,32);3H,1-2H2/t22-;19-;/m00./s1. The smallest absolute Gasteiger partial charge is 0.225 e. The molecule has 2 atom stereocenters. The topological polar surface area (TPSA) is 186 Å². The first-order valence-electron chi connectivity index (χ1n) is 26.8. The summed E-state index contributed by atoms with van der Waals surface area (Å²) in [4.78, 5) is 63.2. The predicted molar refractivity (Wildman–Crippen MR) is 303 cm³/mol. The molecule has 0 spiro atoms. The monoisotopic (exact) mass is 1040 g/mol. The molecule has 14 rings (SSSR count). The molecule has 3 N–H and O–H groups in total. The van der Waals surface area contributed by atoms with Gasteiger partial charge in [0.05, 0.1) is 33.1 Å². The van der Waals surface area contributed by atoms with Crippen LogP contribution in [0.3, 0.4) is 0 Å². The summed E-state index contributed by atoms with van der Waals surface area (Å²) in [6.07, 6.45) is 11.9. The third-order valence-corrected chi connectivity index (χ3v) is 14.8. The van der Waals surface area contributed by atoms with Gasteiger partial charge >= 0.3 is 0 Å². The van der Waals surface area contributed by atoms with E-state index in [1.807, 2.05) is 71.6 Å². The lowest BCUT2D eigenvalue weighted by Gasteiger charge is -2.33. The number of pyridine rings is 2. The molecule has 6 aromatic heterocycles. The summed E-state index contributed by atoms with van der Waals surface area (Å²) in [6, 6.07) is 41.3. The minimum absolute atomic E-state index is 0.130. The first kappa shape index (κ1) is 49.7. The van der Waals surface area contributed by atoms with E-state index in [2.05, 4.69) is 103 Å². The van der Waals surface area contributed by atoms with Gasteiger partial charge in [0.15, 0.2) is 11.6 Å². The molecule has 16 nitrogen and oxygen atoms in total. The average molecular weight is 1040 g/mol. The lowest BCUT2D eigenvalue weighted by molar-refractivity contribution is -0.133. The van der Waals surface area contributed by atoms with Crippen LogP contribution in [0.25, 0.3) is 78.5 Å². The van der Waals surface area contributed by atoms with Crippen LogP contribution in [-0.4, -0.2) is 103 Å². The molecule has 2 saturated carbocycles. The summed E-state index contributed by atoms with van der Waals surface area (Å²) in [6.45, 7) is 7.71. The Hall–Kier alpha value is -8.21. The Balaban J connectivity index is 0.000000141. The Kier molecular flexibility index (Phi) is 14.1. The molecular weight excluding hydrogens is 984 g/mol. The number of carbonyl (C=O) groups is 2. The third-order valence-electron chi connectivity index (χ3n) is 14.5. The van der Waals surface area contributed by atoms with Gasteiger partial charge in [0.2, 0.25) is 23.0 Å². The van der Waals surface area contributed by atoms with Gasteiger partial charge in [-0.15, -0.1) is 0 Å². The van der Waals surface area contributed by atoms with E-state index in [1.165, 1.54) is 5.56 Å². The fourth-order valence-electron chi connectivity index (χ4n) is 10.2. The second-order valence-electron chi connectivity index (χ2n) is 20.6. The second kappa shape index (κ2) is 21.8. The maximum absolute atomic E-state index is 12.6. The largest absolute Gasteiger partial charge is 0.350 e. The number of para-hydroxylation sites is 2. The quantitative estimate of drug-likeness (QED) is 0.110. The van der Waals surface area contributed by atoms with Crippen LogP contribution in [0.4, 0.5) is 11.9 Å². The summed E-state index contributed by atoms with van der Waals surface area (Å²) in [5.74, 6) is 4.97. The minimum atomic E-state index is -0.157. The van der Waals surface area contributed by atoms with E-state index in [0.717, 1.165) is 155 Å². The number of benzene rings is 4. The summed E-state index contributed by atoms with van der Waals surface area (Å²) in [5.41, 5.74) is 9.55. The normalized spacial score (nSPS) is 17.4. The number of hydrogen-bond donors (Lipinski definition) is 3. The third kappa shape index (κ3) is 11.2. The minimum Gasteiger partial charge on any atom is -0.350 e. The van der Waals surface area contributed by atoms with Crippen LogP contribution in [0.5, 0.6) is 0 Å². The van der Waals surface area contributed by atoms with E-state index in [1.54, 1.807) is 12.4 Å². The van der Waals surface area contributed by atoms with Crippen molar-refractivity contribution in [2.24, 2.45) is 11.8 Å². The highest BCUT2D eigenvalue weighted by Gasteiger charge is 2.35. The van der Waals surface area contributed by atoms with Crippen molar-refractivity contribution in [3.8, 4) is 34.7 Å². The number of aromatic nitrogens is 10. The van der Waals surface area contributed by atoms with Crippen molar-refractivity contribution in [3.63, 3.8) is 0 Å². The fraction of sp³-hybridized carbons (Fsp3) is 0.300. The van der Waals surface area contributed by atoms with Crippen LogP contribution in [0.1, 0.15) is 62.5 Å². The molecule has 0 bridgehead atoms. The number of fused-ring (bicyclic) bond motifs is 4. The van der Waals surface area contributed by atoms with Crippen LogP contribution in [0.2, 0.25) is 0 Å². The number of rotatable bonds is 10. The zero-order valence-electron chi connectivity index (χ0n) is 43.1.